The molecule has 2 aromatic rings. The highest BCUT2D eigenvalue weighted by Crippen LogP contribution is 2.25. The molecular weight excluding hydrogens is 284 g/mol. The number of halogens is 1. The van der Waals surface area contributed by atoms with Gasteiger partial charge in [-0.2, -0.15) is 0 Å². The highest BCUT2D eigenvalue weighted by Gasteiger charge is 2.27. The summed E-state index contributed by atoms with van der Waals surface area (Å²) in [6.45, 7) is 1.96. The van der Waals surface area contributed by atoms with E-state index in [1.807, 2.05) is 49.4 Å². The number of para-hydroxylation sites is 1. The lowest BCUT2D eigenvalue weighted by Gasteiger charge is -2.18. The Labute approximate surface area is 129 Å². The average Bonchev–Trinajstić information content (AvgIpc) is 2.91. The van der Waals surface area contributed by atoms with E-state index in [1.165, 1.54) is 5.56 Å². The van der Waals surface area contributed by atoms with Crippen molar-refractivity contribution in [1.29, 1.82) is 0 Å². The van der Waals surface area contributed by atoms with E-state index in [0.29, 0.717) is 5.02 Å². The van der Waals surface area contributed by atoms with E-state index in [4.69, 9.17) is 11.6 Å². The van der Waals surface area contributed by atoms with Crippen molar-refractivity contribution in [3.63, 3.8) is 0 Å². The Balaban J connectivity index is 1.65. The summed E-state index contributed by atoms with van der Waals surface area (Å²) in [5.74, 6) is 0.0127. The molecule has 2 aromatic carbocycles. The van der Waals surface area contributed by atoms with Gasteiger partial charge in [-0.25, -0.2) is 0 Å². The number of amides is 1. The summed E-state index contributed by atoms with van der Waals surface area (Å²) in [7, 11) is 0. The molecule has 1 amide bonds. The SMILES string of the molecule is C[C@@H](NC(=O)[C@@H]1Cc2ccccc2N1)c1cccc(Cl)c1. The number of carbonyl (C=O) groups excluding carboxylic acids is 1. The number of carbonyl (C=O) groups is 1. The van der Waals surface area contributed by atoms with E-state index in [2.05, 4.69) is 16.7 Å². The summed E-state index contributed by atoms with van der Waals surface area (Å²) < 4.78 is 0. The summed E-state index contributed by atoms with van der Waals surface area (Å²) in [6.07, 6.45) is 0.726. The normalized spacial score (nSPS) is 17.7. The molecule has 3 rings (SSSR count). The van der Waals surface area contributed by atoms with Crippen LogP contribution in [0.5, 0.6) is 0 Å². The van der Waals surface area contributed by atoms with Crippen molar-refractivity contribution in [1.82, 2.24) is 5.32 Å². The second kappa shape index (κ2) is 5.78. The molecule has 1 aliphatic heterocycles. The molecule has 1 aliphatic rings. The largest absolute Gasteiger partial charge is 0.373 e. The minimum atomic E-state index is -0.205. The number of hydrogen-bond acceptors (Lipinski definition) is 2. The molecule has 2 N–H and O–H groups in total. The van der Waals surface area contributed by atoms with Crippen LogP contribution in [0.1, 0.15) is 24.1 Å². The third kappa shape index (κ3) is 3.03. The average molecular weight is 301 g/mol. The van der Waals surface area contributed by atoms with E-state index < -0.39 is 0 Å². The lowest BCUT2D eigenvalue weighted by atomic mass is 10.1. The maximum absolute atomic E-state index is 12.4. The van der Waals surface area contributed by atoms with E-state index >= 15 is 0 Å². The first-order chi connectivity index (χ1) is 10.1. The summed E-state index contributed by atoms with van der Waals surface area (Å²) in [5.41, 5.74) is 3.24. The molecule has 0 spiro atoms. The van der Waals surface area contributed by atoms with Gasteiger partial charge in [-0.05, 0) is 36.2 Å². The number of rotatable bonds is 3. The third-order valence-electron chi connectivity index (χ3n) is 3.80. The first kappa shape index (κ1) is 14.0. The van der Waals surface area contributed by atoms with Crippen LogP contribution in [0.3, 0.4) is 0 Å². The topological polar surface area (TPSA) is 41.1 Å². The Hall–Kier alpha value is -2.00. The summed E-state index contributed by atoms with van der Waals surface area (Å²) in [5, 5.41) is 6.98. The predicted octanol–water partition coefficient (Wildman–Crippen LogP) is 3.55. The van der Waals surface area contributed by atoms with Crippen LogP contribution in [0.4, 0.5) is 5.69 Å². The van der Waals surface area contributed by atoms with Gasteiger partial charge in [-0.3, -0.25) is 4.79 Å². The van der Waals surface area contributed by atoms with Gasteiger partial charge in [0.25, 0.3) is 0 Å². The fourth-order valence-corrected chi connectivity index (χ4v) is 2.83. The van der Waals surface area contributed by atoms with E-state index in [-0.39, 0.29) is 18.0 Å². The number of benzene rings is 2. The second-order valence-corrected chi connectivity index (χ2v) is 5.78. The molecule has 0 unspecified atom stereocenters. The van der Waals surface area contributed by atoms with Crippen LogP contribution in [-0.4, -0.2) is 11.9 Å². The molecule has 2 atom stereocenters. The van der Waals surface area contributed by atoms with Gasteiger partial charge in [-0.1, -0.05) is 41.9 Å². The fourth-order valence-electron chi connectivity index (χ4n) is 2.63. The van der Waals surface area contributed by atoms with Crippen molar-refractivity contribution in [2.45, 2.75) is 25.4 Å². The zero-order valence-corrected chi connectivity index (χ0v) is 12.5. The third-order valence-corrected chi connectivity index (χ3v) is 4.03. The maximum Gasteiger partial charge on any atom is 0.243 e. The number of nitrogens with one attached hydrogen (secondary N) is 2. The van der Waals surface area contributed by atoms with E-state index in [9.17, 15) is 4.79 Å². The smallest absolute Gasteiger partial charge is 0.243 e. The summed E-state index contributed by atoms with van der Waals surface area (Å²) >= 11 is 5.99. The Bertz CT molecular complexity index is 646. The van der Waals surface area contributed by atoms with Gasteiger partial charge in [0.15, 0.2) is 0 Å². The molecule has 1 heterocycles. The van der Waals surface area contributed by atoms with Crippen molar-refractivity contribution in [3.05, 3.63) is 64.7 Å². The molecule has 0 fully saturated rings. The molecule has 108 valence electrons. The number of fused-ring (bicyclic) bond motifs is 1. The minimum Gasteiger partial charge on any atom is -0.373 e. The predicted molar refractivity (Wildman–Crippen MR) is 85.6 cm³/mol. The van der Waals surface area contributed by atoms with E-state index in [1.54, 1.807) is 0 Å². The second-order valence-electron chi connectivity index (χ2n) is 5.34. The highest BCUT2D eigenvalue weighted by atomic mass is 35.5. The van der Waals surface area contributed by atoms with Gasteiger partial charge in [0, 0.05) is 17.1 Å². The molecule has 3 nitrogen and oxygen atoms in total. The monoisotopic (exact) mass is 300 g/mol. The van der Waals surface area contributed by atoms with Crippen molar-refractivity contribution in [2.75, 3.05) is 5.32 Å². The Morgan fingerprint density at radius 3 is 2.86 bits per heavy atom. The lowest BCUT2D eigenvalue weighted by molar-refractivity contribution is -0.122. The molecule has 21 heavy (non-hydrogen) atoms. The first-order valence-corrected chi connectivity index (χ1v) is 7.41. The van der Waals surface area contributed by atoms with Gasteiger partial charge in [0.2, 0.25) is 5.91 Å². The Morgan fingerprint density at radius 2 is 2.10 bits per heavy atom. The summed E-state index contributed by atoms with van der Waals surface area (Å²) in [6, 6.07) is 15.3. The van der Waals surface area contributed by atoms with Crippen LogP contribution < -0.4 is 10.6 Å². The molecular formula is C17H17ClN2O. The Kier molecular flexibility index (Phi) is 3.84. The van der Waals surface area contributed by atoms with Crippen LogP contribution in [0.2, 0.25) is 5.02 Å². The highest BCUT2D eigenvalue weighted by molar-refractivity contribution is 6.30. The lowest BCUT2D eigenvalue weighted by Crippen LogP contribution is -2.39. The molecule has 4 heteroatoms. The van der Waals surface area contributed by atoms with Gasteiger partial charge >= 0.3 is 0 Å². The minimum absolute atomic E-state index is 0.0127. The molecule has 0 aromatic heterocycles. The van der Waals surface area contributed by atoms with Crippen molar-refractivity contribution < 1.29 is 4.79 Å². The number of anilines is 1. The molecule has 0 aliphatic carbocycles. The zero-order chi connectivity index (χ0) is 14.8. The van der Waals surface area contributed by atoms with Crippen LogP contribution >= 0.6 is 11.6 Å². The van der Waals surface area contributed by atoms with Gasteiger partial charge in [-0.15, -0.1) is 0 Å². The van der Waals surface area contributed by atoms with E-state index in [0.717, 1.165) is 17.7 Å². The molecule has 0 saturated carbocycles. The first-order valence-electron chi connectivity index (χ1n) is 7.04. The van der Waals surface area contributed by atoms with Crippen LogP contribution in [0.15, 0.2) is 48.5 Å². The van der Waals surface area contributed by atoms with Crippen LogP contribution in [0, 0.1) is 0 Å². The van der Waals surface area contributed by atoms with Gasteiger partial charge < -0.3 is 10.6 Å². The van der Waals surface area contributed by atoms with Crippen molar-refractivity contribution >= 4 is 23.2 Å². The maximum atomic E-state index is 12.4. The quantitative estimate of drug-likeness (QED) is 0.910. The molecule has 0 bridgehead atoms. The number of hydrogen-bond donors (Lipinski definition) is 2. The van der Waals surface area contributed by atoms with Crippen molar-refractivity contribution in [2.24, 2.45) is 0 Å². The van der Waals surface area contributed by atoms with Gasteiger partial charge in [0.05, 0.1) is 6.04 Å². The standard InChI is InChI=1S/C17H17ClN2O/c1-11(12-6-4-7-14(18)9-12)19-17(21)16-10-13-5-2-3-8-15(13)20-16/h2-9,11,16,20H,10H2,1H3,(H,19,21)/t11-,16+/m1/s1. The summed E-state index contributed by atoms with van der Waals surface area (Å²) in [4.78, 5) is 12.4. The van der Waals surface area contributed by atoms with Crippen LogP contribution in [0.25, 0.3) is 0 Å². The zero-order valence-electron chi connectivity index (χ0n) is 11.8. The molecule has 0 saturated heterocycles. The van der Waals surface area contributed by atoms with Gasteiger partial charge in [0.1, 0.15) is 6.04 Å². The molecule has 0 radical (unpaired) electrons. The van der Waals surface area contributed by atoms with Crippen LogP contribution in [-0.2, 0) is 11.2 Å². The Morgan fingerprint density at radius 1 is 1.29 bits per heavy atom. The fraction of sp³-hybridized carbons (Fsp3) is 0.235. The van der Waals surface area contributed by atoms with Crippen molar-refractivity contribution in [3.8, 4) is 0 Å².